The Morgan fingerprint density at radius 3 is 2.80 bits per heavy atom. The van der Waals surface area contributed by atoms with Gasteiger partial charge in [0.15, 0.2) is 5.69 Å². The Kier molecular flexibility index (Phi) is 4.76. The summed E-state index contributed by atoms with van der Waals surface area (Å²) in [6.07, 6.45) is -1.09. The smallest absolute Gasteiger partial charge is 0.318 e. The third kappa shape index (κ3) is 3.98. The maximum atomic E-state index is 13.7. The van der Waals surface area contributed by atoms with Crippen LogP contribution in [0.3, 0.4) is 0 Å². The van der Waals surface area contributed by atoms with Crippen LogP contribution in [-0.4, -0.2) is 28.8 Å². The number of carbonyl (C=O) groups excluding carboxylic acids is 1. The molecule has 1 fully saturated rings. The van der Waals surface area contributed by atoms with Gasteiger partial charge in [-0.1, -0.05) is 0 Å². The monoisotopic (exact) mass is 356 g/mol. The second-order valence-electron chi connectivity index (χ2n) is 5.83. The van der Waals surface area contributed by atoms with Gasteiger partial charge in [-0.3, -0.25) is 9.48 Å². The van der Waals surface area contributed by atoms with Gasteiger partial charge in [0.25, 0.3) is 5.91 Å². The Morgan fingerprint density at radius 1 is 1.32 bits per heavy atom. The van der Waals surface area contributed by atoms with Gasteiger partial charge in [-0.15, -0.1) is 0 Å². The number of hydrogen-bond acceptors (Lipinski definition) is 3. The average Bonchev–Trinajstić information content (AvgIpc) is 3.07. The van der Waals surface area contributed by atoms with Crippen molar-refractivity contribution in [1.29, 1.82) is 0 Å². The van der Waals surface area contributed by atoms with E-state index in [9.17, 15) is 22.4 Å². The number of benzene rings is 1. The van der Waals surface area contributed by atoms with Crippen LogP contribution in [0.15, 0.2) is 30.5 Å². The summed E-state index contributed by atoms with van der Waals surface area (Å²) in [7, 11) is 0. The molecule has 1 amide bonds. The highest BCUT2D eigenvalue weighted by Gasteiger charge is 2.31. The molecule has 1 aromatic carbocycles. The number of carbonyl (C=O) groups is 1. The second kappa shape index (κ2) is 6.83. The van der Waals surface area contributed by atoms with Gasteiger partial charge in [0.05, 0.1) is 17.3 Å². The fourth-order valence-corrected chi connectivity index (χ4v) is 2.71. The van der Waals surface area contributed by atoms with E-state index < -0.39 is 29.2 Å². The summed E-state index contributed by atoms with van der Waals surface area (Å²) in [5.41, 5.74) is -1.56. The number of rotatable bonds is 3. The SMILES string of the molecule is O=C(Nc1cc(C(F)(F)F)ccc1F)c1ccn(C2CCCNC2)n1. The number of aromatic nitrogens is 2. The van der Waals surface area contributed by atoms with Gasteiger partial charge in [-0.25, -0.2) is 4.39 Å². The lowest BCUT2D eigenvalue weighted by molar-refractivity contribution is -0.137. The fourth-order valence-electron chi connectivity index (χ4n) is 2.71. The van der Waals surface area contributed by atoms with Crippen LogP contribution in [0.4, 0.5) is 23.2 Å². The number of alkyl halides is 3. The van der Waals surface area contributed by atoms with E-state index in [1.807, 2.05) is 0 Å². The van der Waals surface area contributed by atoms with Crippen molar-refractivity contribution < 1.29 is 22.4 Å². The van der Waals surface area contributed by atoms with Crippen LogP contribution in [0.5, 0.6) is 0 Å². The zero-order chi connectivity index (χ0) is 18.0. The molecule has 0 saturated carbocycles. The van der Waals surface area contributed by atoms with E-state index in [0.29, 0.717) is 18.2 Å². The molecule has 2 N–H and O–H groups in total. The normalized spacial score (nSPS) is 18.2. The minimum absolute atomic E-state index is 0.0161. The fraction of sp³-hybridized carbons (Fsp3) is 0.375. The lowest BCUT2D eigenvalue weighted by Crippen LogP contribution is -2.32. The highest BCUT2D eigenvalue weighted by atomic mass is 19.4. The first-order valence-corrected chi connectivity index (χ1v) is 7.78. The minimum atomic E-state index is -4.62. The number of nitrogens with one attached hydrogen (secondary N) is 2. The Bertz CT molecular complexity index is 766. The van der Waals surface area contributed by atoms with Crippen LogP contribution >= 0.6 is 0 Å². The standard InChI is InChI=1S/C16H16F4N4O/c17-12-4-3-10(16(18,19)20)8-14(12)22-15(25)13-5-7-24(23-13)11-2-1-6-21-9-11/h3-5,7-8,11,21H,1-2,6,9H2,(H,22,25). The van der Waals surface area contributed by atoms with Gasteiger partial charge in [-0.2, -0.15) is 18.3 Å². The van der Waals surface area contributed by atoms with Gasteiger partial charge in [-0.05, 0) is 43.7 Å². The number of halogens is 4. The Hall–Kier alpha value is -2.42. The van der Waals surface area contributed by atoms with Gasteiger partial charge in [0.2, 0.25) is 0 Å². The number of nitrogens with zero attached hydrogens (tertiary/aromatic N) is 2. The molecule has 0 bridgehead atoms. The summed E-state index contributed by atoms with van der Waals surface area (Å²) < 4.78 is 53.5. The molecule has 3 rings (SSSR count). The number of anilines is 1. The van der Waals surface area contributed by atoms with Gasteiger partial charge < -0.3 is 10.6 Å². The van der Waals surface area contributed by atoms with Gasteiger partial charge >= 0.3 is 6.18 Å². The van der Waals surface area contributed by atoms with Gasteiger partial charge in [0.1, 0.15) is 5.82 Å². The summed E-state index contributed by atoms with van der Waals surface area (Å²) in [6, 6.07) is 3.42. The van der Waals surface area contributed by atoms with Crippen LogP contribution in [0.2, 0.25) is 0 Å². The van der Waals surface area contributed by atoms with Crippen molar-refractivity contribution in [3.05, 3.63) is 47.5 Å². The number of amides is 1. The lowest BCUT2D eigenvalue weighted by atomic mass is 10.1. The minimum Gasteiger partial charge on any atom is -0.318 e. The molecule has 1 aromatic heterocycles. The zero-order valence-corrected chi connectivity index (χ0v) is 13.1. The van der Waals surface area contributed by atoms with E-state index in [4.69, 9.17) is 0 Å². The first-order valence-electron chi connectivity index (χ1n) is 7.78. The molecule has 1 saturated heterocycles. The van der Waals surface area contributed by atoms with E-state index in [1.165, 1.54) is 6.07 Å². The average molecular weight is 356 g/mol. The third-order valence-corrected chi connectivity index (χ3v) is 4.03. The molecule has 5 nitrogen and oxygen atoms in total. The molecule has 1 atom stereocenters. The van der Waals surface area contributed by atoms with E-state index in [2.05, 4.69) is 15.7 Å². The molecule has 0 aliphatic carbocycles. The first-order chi connectivity index (χ1) is 11.8. The molecule has 0 spiro atoms. The van der Waals surface area contributed by atoms with Crippen LogP contribution < -0.4 is 10.6 Å². The highest BCUT2D eigenvalue weighted by Crippen LogP contribution is 2.31. The van der Waals surface area contributed by atoms with Crippen molar-refractivity contribution in [2.75, 3.05) is 18.4 Å². The van der Waals surface area contributed by atoms with Crippen molar-refractivity contribution in [3.8, 4) is 0 Å². The van der Waals surface area contributed by atoms with E-state index in [1.54, 1.807) is 10.9 Å². The van der Waals surface area contributed by atoms with Crippen LogP contribution in [-0.2, 0) is 6.18 Å². The summed E-state index contributed by atoms with van der Waals surface area (Å²) in [6.45, 7) is 1.66. The molecule has 2 heterocycles. The summed E-state index contributed by atoms with van der Waals surface area (Å²) >= 11 is 0. The molecule has 1 unspecified atom stereocenters. The first kappa shape index (κ1) is 17.4. The van der Waals surface area contributed by atoms with Crippen LogP contribution in [0, 0.1) is 5.82 Å². The molecule has 0 radical (unpaired) electrons. The molecular formula is C16H16F4N4O. The Morgan fingerprint density at radius 2 is 2.12 bits per heavy atom. The predicted molar refractivity (Wildman–Crippen MR) is 82.7 cm³/mol. The van der Waals surface area contributed by atoms with Gasteiger partial charge in [0, 0.05) is 12.7 Å². The lowest BCUT2D eigenvalue weighted by Gasteiger charge is -2.22. The molecule has 9 heteroatoms. The van der Waals surface area contributed by atoms with E-state index in [-0.39, 0.29) is 11.7 Å². The highest BCUT2D eigenvalue weighted by molar-refractivity contribution is 6.02. The molecule has 25 heavy (non-hydrogen) atoms. The summed E-state index contributed by atoms with van der Waals surface area (Å²) in [5.74, 6) is -1.71. The quantitative estimate of drug-likeness (QED) is 0.831. The topological polar surface area (TPSA) is 59.0 Å². The van der Waals surface area contributed by atoms with Crippen LogP contribution in [0.25, 0.3) is 0 Å². The Balaban J connectivity index is 1.75. The largest absolute Gasteiger partial charge is 0.416 e. The summed E-state index contributed by atoms with van der Waals surface area (Å²) in [4.78, 5) is 12.2. The third-order valence-electron chi connectivity index (χ3n) is 4.03. The van der Waals surface area contributed by atoms with E-state index in [0.717, 1.165) is 25.9 Å². The van der Waals surface area contributed by atoms with E-state index >= 15 is 0 Å². The molecule has 2 aromatic rings. The van der Waals surface area contributed by atoms with Crippen LogP contribution in [0.1, 0.15) is 34.9 Å². The molecular weight excluding hydrogens is 340 g/mol. The molecule has 134 valence electrons. The summed E-state index contributed by atoms with van der Waals surface area (Å²) in [5, 5.41) is 9.52. The van der Waals surface area contributed by atoms with Crippen molar-refractivity contribution in [2.24, 2.45) is 0 Å². The number of hydrogen-bond donors (Lipinski definition) is 2. The predicted octanol–water partition coefficient (Wildman–Crippen LogP) is 3.22. The zero-order valence-electron chi connectivity index (χ0n) is 13.1. The number of piperidine rings is 1. The molecule has 1 aliphatic rings. The molecule has 1 aliphatic heterocycles. The van der Waals surface area contributed by atoms with Crippen molar-refractivity contribution in [2.45, 2.75) is 25.1 Å². The second-order valence-corrected chi connectivity index (χ2v) is 5.83. The Labute approximate surface area is 141 Å². The van der Waals surface area contributed by atoms with Crippen molar-refractivity contribution in [1.82, 2.24) is 15.1 Å². The van der Waals surface area contributed by atoms with Crippen molar-refractivity contribution in [3.63, 3.8) is 0 Å². The van der Waals surface area contributed by atoms with Crippen molar-refractivity contribution >= 4 is 11.6 Å². The maximum Gasteiger partial charge on any atom is 0.416 e. The maximum absolute atomic E-state index is 13.7.